The van der Waals surface area contributed by atoms with E-state index in [-0.39, 0.29) is 6.03 Å². The molecule has 0 spiro atoms. The molecule has 2 fully saturated rings. The largest absolute Gasteiger partial charge is 0.338 e. The van der Waals surface area contributed by atoms with Gasteiger partial charge in [-0.15, -0.1) is 0 Å². The van der Waals surface area contributed by atoms with E-state index in [0.717, 1.165) is 39.1 Å². The van der Waals surface area contributed by atoms with Crippen LogP contribution in [0.3, 0.4) is 0 Å². The molecule has 1 atom stereocenters. The highest BCUT2D eigenvalue weighted by Gasteiger charge is 2.30. The third kappa shape index (κ3) is 5.21. The molecule has 0 radical (unpaired) electrons. The number of rotatable bonds is 6. The van der Waals surface area contributed by atoms with Gasteiger partial charge in [0.1, 0.15) is 0 Å². The van der Waals surface area contributed by atoms with E-state index in [2.05, 4.69) is 47.5 Å². The predicted octanol–water partition coefficient (Wildman–Crippen LogP) is 3.87. The maximum absolute atomic E-state index is 12.7. The van der Waals surface area contributed by atoms with E-state index in [1.165, 1.54) is 37.7 Å². The molecule has 1 aromatic carbocycles. The number of likely N-dealkylation sites (tertiary alicyclic amines) is 1. The first kappa shape index (κ1) is 18.2. The Morgan fingerprint density at radius 1 is 1.16 bits per heavy atom. The van der Waals surface area contributed by atoms with Crippen molar-refractivity contribution in [2.45, 2.75) is 58.0 Å². The summed E-state index contributed by atoms with van der Waals surface area (Å²) >= 11 is 0. The van der Waals surface area contributed by atoms with E-state index in [9.17, 15) is 4.79 Å². The standard InChI is InChI=1S/C21H33N3O/c1-2-24(21(25)22-15-18-9-5-3-6-10-18)20-13-14-23(17-20)16-19-11-7-4-8-12-19/h4,7-8,11-12,18,20H,2-3,5-6,9-10,13-17H2,1H3,(H,22,25). The fourth-order valence-corrected chi connectivity index (χ4v) is 4.34. The molecule has 4 heteroatoms. The lowest BCUT2D eigenvalue weighted by Gasteiger charge is -2.30. The summed E-state index contributed by atoms with van der Waals surface area (Å²) in [6, 6.07) is 11.1. The molecule has 1 heterocycles. The summed E-state index contributed by atoms with van der Waals surface area (Å²) in [5, 5.41) is 3.21. The second kappa shape index (κ2) is 9.23. The van der Waals surface area contributed by atoms with E-state index in [1.807, 2.05) is 4.90 Å². The van der Waals surface area contributed by atoms with Crippen LogP contribution in [0, 0.1) is 5.92 Å². The molecule has 1 unspecified atom stereocenters. The van der Waals surface area contributed by atoms with Crippen molar-refractivity contribution < 1.29 is 4.79 Å². The molecule has 1 aliphatic carbocycles. The molecule has 0 aromatic heterocycles. The van der Waals surface area contributed by atoms with Gasteiger partial charge in [0, 0.05) is 38.8 Å². The van der Waals surface area contributed by atoms with Crippen molar-refractivity contribution in [1.82, 2.24) is 15.1 Å². The van der Waals surface area contributed by atoms with Gasteiger partial charge in [-0.3, -0.25) is 4.90 Å². The van der Waals surface area contributed by atoms with Gasteiger partial charge in [0.05, 0.1) is 0 Å². The van der Waals surface area contributed by atoms with Crippen LogP contribution >= 0.6 is 0 Å². The molecule has 2 aliphatic rings. The summed E-state index contributed by atoms with van der Waals surface area (Å²) in [6.07, 6.45) is 7.66. The molecular formula is C21H33N3O. The van der Waals surface area contributed by atoms with Crippen LogP contribution in [-0.4, -0.2) is 48.1 Å². The number of likely N-dealkylation sites (N-methyl/N-ethyl adjacent to an activating group) is 1. The van der Waals surface area contributed by atoms with Gasteiger partial charge in [-0.05, 0) is 37.7 Å². The topological polar surface area (TPSA) is 35.6 Å². The zero-order valence-corrected chi connectivity index (χ0v) is 15.6. The Morgan fingerprint density at radius 2 is 1.92 bits per heavy atom. The van der Waals surface area contributed by atoms with E-state index >= 15 is 0 Å². The first-order valence-corrected chi connectivity index (χ1v) is 10.1. The molecule has 3 rings (SSSR count). The number of carbonyl (C=O) groups excluding carboxylic acids is 1. The van der Waals surface area contributed by atoms with Crippen LogP contribution in [0.25, 0.3) is 0 Å². The van der Waals surface area contributed by atoms with Crippen molar-refractivity contribution >= 4 is 6.03 Å². The second-order valence-electron chi connectivity index (χ2n) is 7.64. The molecule has 4 nitrogen and oxygen atoms in total. The molecule has 138 valence electrons. The van der Waals surface area contributed by atoms with Crippen molar-refractivity contribution in [2.75, 3.05) is 26.2 Å². The highest BCUT2D eigenvalue weighted by Crippen LogP contribution is 2.23. The molecule has 2 amide bonds. The zero-order chi connectivity index (χ0) is 17.5. The lowest BCUT2D eigenvalue weighted by molar-refractivity contribution is 0.173. The summed E-state index contributed by atoms with van der Waals surface area (Å²) < 4.78 is 0. The van der Waals surface area contributed by atoms with Gasteiger partial charge in [0.15, 0.2) is 0 Å². The van der Waals surface area contributed by atoms with Crippen molar-refractivity contribution in [3.8, 4) is 0 Å². The van der Waals surface area contributed by atoms with Gasteiger partial charge in [0.25, 0.3) is 0 Å². The number of carbonyl (C=O) groups is 1. The Labute approximate surface area is 152 Å². The summed E-state index contributed by atoms with van der Waals surface area (Å²) in [7, 11) is 0. The average Bonchev–Trinajstić information content (AvgIpc) is 3.10. The van der Waals surface area contributed by atoms with Gasteiger partial charge in [-0.1, -0.05) is 49.6 Å². The number of amides is 2. The summed E-state index contributed by atoms with van der Waals surface area (Å²) in [5.74, 6) is 0.689. The van der Waals surface area contributed by atoms with Crippen LogP contribution < -0.4 is 5.32 Å². The van der Waals surface area contributed by atoms with Crippen LogP contribution in [0.1, 0.15) is 51.0 Å². The molecule has 1 N–H and O–H groups in total. The Morgan fingerprint density at radius 3 is 2.64 bits per heavy atom. The summed E-state index contributed by atoms with van der Waals surface area (Å²) in [4.78, 5) is 17.2. The lowest BCUT2D eigenvalue weighted by Crippen LogP contribution is -2.48. The molecule has 1 saturated heterocycles. The Kier molecular flexibility index (Phi) is 6.74. The Bertz CT molecular complexity index is 527. The molecule has 1 aliphatic heterocycles. The third-order valence-corrected chi connectivity index (χ3v) is 5.81. The van der Waals surface area contributed by atoms with Gasteiger partial charge in [-0.2, -0.15) is 0 Å². The zero-order valence-electron chi connectivity index (χ0n) is 15.6. The lowest BCUT2D eigenvalue weighted by atomic mass is 9.89. The normalized spacial score (nSPS) is 22.0. The fourth-order valence-electron chi connectivity index (χ4n) is 4.34. The Hall–Kier alpha value is -1.55. The highest BCUT2D eigenvalue weighted by molar-refractivity contribution is 5.74. The minimum Gasteiger partial charge on any atom is -0.338 e. The molecular weight excluding hydrogens is 310 g/mol. The van der Waals surface area contributed by atoms with Crippen LogP contribution in [0.4, 0.5) is 4.79 Å². The van der Waals surface area contributed by atoms with Crippen molar-refractivity contribution in [3.63, 3.8) is 0 Å². The maximum atomic E-state index is 12.7. The fraction of sp³-hybridized carbons (Fsp3) is 0.667. The number of benzene rings is 1. The minimum atomic E-state index is 0.139. The Balaban J connectivity index is 1.46. The second-order valence-corrected chi connectivity index (χ2v) is 7.64. The van der Waals surface area contributed by atoms with Crippen molar-refractivity contribution in [1.29, 1.82) is 0 Å². The van der Waals surface area contributed by atoms with Gasteiger partial charge in [-0.25, -0.2) is 4.79 Å². The minimum absolute atomic E-state index is 0.139. The highest BCUT2D eigenvalue weighted by atomic mass is 16.2. The first-order valence-electron chi connectivity index (χ1n) is 10.1. The van der Waals surface area contributed by atoms with Gasteiger partial charge in [0.2, 0.25) is 0 Å². The maximum Gasteiger partial charge on any atom is 0.317 e. The van der Waals surface area contributed by atoms with Crippen molar-refractivity contribution in [2.24, 2.45) is 5.92 Å². The molecule has 25 heavy (non-hydrogen) atoms. The first-order chi connectivity index (χ1) is 12.3. The number of urea groups is 1. The summed E-state index contributed by atoms with van der Waals surface area (Å²) in [6.45, 7) is 6.79. The number of hydrogen-bond donors (Lipinski definition) is 1. The molecule has 1 aromatic rings. The third-order valence-electron chi connectivity index (χ3n) is 5.81. The van der Waals surface area contributed by atoms with Gasteiger partial charge >= 0.3 is 6.03 Å². The smallest absolute Gasteiger partial charge is 0.317 e. The number of nitrogens with one attached hydrogen (secondary N) is 1. The SMILES string of the molecule is CCN(C(=O)NCC1CCCCC1)C1CCN(Cc2ccccc2)C1. The van der Waals surface area contributed by atoms with Crippen LogP contribution in [0.5, 0.6) is 0 Å². The molecule has 1 saturated carbocycles. The predicted molar refractivity (Wildman–Crippen MR) is 102 cm³/mol. The average molecular weight is 344 g/mol. The van der Waals surface area contributed by atoms with Crippen LogP contribution in [0.15, 0.2) is 30.3 Å². The quantitative estimate of drug-likeness (QED) is 0.851. The number of hydrogen-bond acceptors (Lipinski definition) is 2. The van der Waals surface area contributed by atoms with Gasteiger partial charge < -0.3 is 10.2 Å². The van der Waals surface area contributed by atoms with E-state index in [0.29, 0.717) is 12.0 Å². The van der Waals surface area contributed by atoms with E-state index < -0.39 is 0 Å². The van der Waals surface area contributed by atoms with E-state index in [1.54, 1.807) is 0 Å². The van der Waals surface area contributed by atoms with Crippen molar-refractivity contribution in [3.05, 3.63) is 35.9 Å². The van der Waals surface area contributed by atoms with Crippen LogP contribution in [-0.2, 0) is 6.54 Å². The number of nitrogens with zero attached hydrogens (tertiary/aromatic N) is 2. The monoisotopic (exact) mass is 343 g/mol. The molecule has 0 bridgehead atoms. The van der Waals surface area contributed by atoms with E-state index in [4.69, 9.17) is 0 Å². The summed E-state index contributed by atoms with van der Waals surface area (Å²) in [5.41, 5.74) is 1.35. The van der Waals surface area contributed by atoms with Crippen LogP contribution in [0.2, 0.25) is 0 Å².